The van der Waals surface area contributed by atoms with Crippen LogP contribution in [0.25, 0.3) is 0 Å². The van der Waals surface area contributed by atoms with Crippen LogP contribution in [-0.4, -0.2) is 35.6 Å². The Bertz CT molecular complexity index is 480. The van der Waals surface area contributed by atoms with Gasteiger partial charge in [0.25, 0.3) is 0 Å². The third-order valence-corrected chi connectivity index (χ3v) is 2.40. The van der Waals surface area contributed by atoms with Crippen LogP contribution in [0, 0.1) is 11.6 Å². The molecule has 2 amide bonds. The number of carbonyl (C=O) groups is 2. The standard InChI is InChI=1S/C12H14F2N2O3/c1-16(6-2-3-11(17)18)12(19)15-10-5-4-8(13)7-9(10)14/h4-5,7H,2-3,6H2,1H3,(H,15,19)(H,17,18). The first-order chi connectivity index (χ1) is 8.90. The van der Waals surface area contributed by atoms with Gasteiger partial charge in [0.15, 0.2) is 0 Å². The fourth-order valence-corrected chi connectivity index (χ4v) is 1.37. The Hall–Kier alpha value is -2.18. The number of halogens is 2. The van der Waals surface area contributed by atoms with Gasteiger partial charge in [-0.05, 0) is 18.6 Å². The van der Waals surface area contributed by atoms with Gasteiger partial charge in [0.05, 0.1) is 5.69 Å². The highest BCUT2D eigenvalue weighted by Gasteiger charge is 2.12. The van der Waals surface area contributed by atoms with Gasteiger partial charge in [0, 0.05) is 26.1 Å². The SMILES string of the molecule is CN(CCCC(=O)O)C(=O)Nc1ccc(F)cc1F. The number of urea groups is 1. The number of nitrogens with one attached hydrogen (secondary N) is 1. The summed E-state index contributed by atoms with van der Waals surface area (Å²) in [6.45, 7) is 0.223. The maximum atomic E-state index is 13.3. The predicted octanol–water partition coefficient (Wildman–Crippen LogP) is 2.29. The molecule has 0 spiro atoms. The number of hydrogen-bond acceptors (Lipinski definition) is 2. The Balaban J connectivity index is 2.51. The van der Waals surface area contributed by atoms with E-state index >= 15 is 0 Å². The van der Waals surface area contributed by atoms with Crippen molar-refractivity contribution in [2.24, 2.45) is 0 Å². The molecular weight excluding hydrogens is 258 g/mol. The van der Waals surface area contributed by atoms with E-state index in [-0.39, 0.29) is 18.7 Å². The number of anilines is 1. The van der Waals surface area contributed by atoms with E-state index in [4.69, 9.17) is 5.11 Å². The van der Waals surface area contributed by atoms with Crippen LogP contribution in [0.2, 0.25) is 0 Å². The summed E-state index contributed by atoms with van der Waals surface area (Å²) in [4.78, 5) is 23.2. The van der Waals surface area contributed by atoms with E-state index in [1.165, 1.54) is 11.9 Å². The average Bonchev–Trinajstić information content (AvgIpc) is 2.32. The number of rotatable bonds is 5. The van der Waals surface area contributed by atoms with Gasteiger partial charge in [-0.3, -0.25) is 4.79 Å². The number of benzene rings is 1. The Morgan fingerprint density at radius 2 is 2.05 bits per heavy atom. The lowest BCUT2D eigenvalue weighted by Gasteiger charge is -2.17. The van der Waals surface area contributed by atoms with Crippen LogP contribution in [0.3, 0.4) is 0 Å². The molecule has 0 saturated carbocycles. The summed E-state index contributed by atoms with van der Waals surface area (Å²) in [6.07, 6.45) is 0.244. The van der Waals surface area contributed by atoms with E-state index in [9.17, 15) is 18.4 Å². The van der Waals surface area contributed by atoms with Crippen LogP contribution >= 0.6 is 0 Å². The average molecular weight is 272 g/mol. The zero-order chi connectivity index (χ0) is 14.4. The Labute approximate surface area is 108 Å². The Kier molecular flexibility index (Phi) is 5.23. The van der Waals surface area contributed by atoms with Gasteiger partial charge in [0.2, 0.25) is 0 Å². The number of carboxylic acids is 1. The predicted molar refractivity (Wildman–Crippen MR) is 64.9 cm³/mol. The van der Waals surface area contributed by atoms with Gasteiger partial charge >= 0.3 is 12.0 Å². The van der Waals surface area contributed by atoms with Crippen molar-refractivity contribution in [2.45, 2.75) is 12.8 Å². The maximum Gasteiger partial charge on any atom is 0.321 e. The third kappa shape index (κ3) is 4.90. The minimum atomic E-state index is -0.946. The normalized spacial score (nSPS) is 10.1. The van der Waals surface area contributed by atoms with Crippen molar-refractivity contribution in [1.29, 1.82) is 0 Å². The molecule has 5 nitrogen and oxygen atoms in total. The molecule has 0 aliphatic rings. The van der Waals surface area contributed by atoms with Crippen molar-refractivity contribution in [3.8, 4) is 0 Å². The molecule has 0 aliphatic heterocycles. The van der Waals surface area contributed by atoms with Gasteiger partial charge < -0.3 is 15.3 Å². The summed E-state index contributed by atoms with van der Waals surface area (Å²) in [5, 5.41) is 10.7. The van der Waals surface area contributed by atoms with Gasteiger partial charge in [0.1, 0.15) is 11.6 Å². The van der Waals surface area contributed by atoms with E-state index in [0.29, 0.717) is 12.5 Å². The molecule has 0 bridgehead atoms. The van der Waals surface area contributed by atoms with Gasteiger partial charge in [-0.2, -0.15) is 0 Å². The molecule has 2 N–H and O–H groups in total. The van der Waals surface area contributed by atoms with E-state index in [1.807, 2.05) is 0 Å². The molecule has 0 aliphatic carbocycles. The number of nitrogens with zero attached hydrogens (tertiary/aromatic N) is 1. The van der Waals surface area contributed by atoms with Crippen molar-refractivity contribution in [1.82, 2.24) is 4.90 Å². The molecule has 19 heavy (non-hydrogen) atoms. The van der Waals surface area contributed by atoms with Crippen LogP contribution in [0.4, 0.5) is 19.3 Å². The van der Waals surface area contributed by atoms with Gasteiger partial charge in [-0.25, -0.2) is 13.6 Å². The van der Waals surface area contributed by atoms with Crippen LogP contribution < -0.4 is 5.32 Å². The number of hydrogen-bond donors (Lipinski definition) is 2. The molecule has 0 saturated heterocycles. The van der Waals surface area contributed by atoms with Crippen molar-refractivity contribution in [2.75, 3.05) is 18.9 Å². The molecule has 0 unspecified atom stereocenters. The number of amides is 2. The molecular formula is C12H14F2N2O3. The zero-order valence-electron chi connectivity index (χ0n) is 10.3. The molecule has 1 aromatic carbocycles. The largest absolute Gasteiger partial charge is 0.481 e. The monoisotopic (exact) mass is 272 g/mol. The van der Waals surface area contributed by atoms with Crippen LogP contribution in [0.15, 0.2) is 18.2 Å². The first kappa shape index (κ1) is 14.9. The molecule has 0 fully saturated rings. The molecule has 1 aromatic rings. The summed E-state index contributed by atoms with van der Waals surface area (Å²) in [5.41, 5.74) is -0.128. The highest BCUT2D eigenvalue weighted by molar-refractivity contribution is 5.89. The molecule has 7 heteroatoms. The second kappa shape index (κ2) is 6.67. The van der Waals surface area contributed by atoms with Gasteiger partial charge in [-0.1, -0.05) is 0 Å². The molecule has 1 rings (SSSR count). The lowest BCUT2D eigenvalue weighted by atomic mass is 10.3. The highest BCUT2D eigenvalue weighted by Crippen LogP contribution is 2.15. The second-order valence-corrected chi connectivity index (χ2v) is 3.97. The third-order valence-electron chi connectivity index (χ3n) is 2.40. The molecule has 0 atom stereocenters. The Morgan fingerprint density at radius 1 is 1.37 bits per heavy atom. The maximum absolute atomic E-state index is 13.3. The fourth-order valence-electron chi connectivity index (χ4n) is 1.37. The highest BCUT2D eigenvalue weighted by atomic mass is 19.1. The van der Waals surface area contributed by atoms with E-state index < -0.39 is 23.6 Å². The first-order valence-electron chi connectivity index (χ1n) is 5.59. The van der Waals surface area contributed by atoms with Gasteiger partial charge in [-0.15, -0.1) is 0 Å². The molecule has 0 heterocycles. The van der Waals surface area contributed by atoms with E-state index in [0.717, 1.165) is 12.1 Å². The molecule has 0 radical (unpaired) electrons. The van der Waals surface area contributed by atoms with Crippen LogP contribution in [0.1, 0.15) is 12.8 Å². The van der Waals surface area contributed by atoms with Crippen molar-refractivity contribution in [3.63, 3.8) is 0 Å². The van der Waals surface area contributed by atoms with E-state index in [2.05, 4.69) is 5.32 Å². The second-order valence-electron chi connectivity index (χ2n) is 3.97. The van der Waals surface area contributed by atoms with Crippen molar-refractivity contribution in [3.05, 3.63) is 29.8 Å². The minimum absolute atomic E-state index is 0.0530. The number of aliphatic carboxylic acids is 1. The lowest BCUT2D eigenvalue weighted by molar-refractivity contribution is -0.137. The van der Waals surface area contributed by atoms with Crippen molar-refractivity contribution >= 4 is 17.7 Å². The Morgan fingerprint density at radius 3 is 2.63 bits per heavy atom. The topological polar surface area (TPSA) is 69.6 Å². The fraction of sp³-hybridized carbons (Fsp3) is 0.333. The quantitative estimate of drug-likeness (QED) is 0.864. The molecule has 104 valence electrons. The zero-order valence-corrected chi connectivity index (χ0v) is 10.3. The van der Waals surface area contributed by atoms with E-state index in [1.54, 1.807) is 0 Å². The van der Waals surface area contributed by atoms with Crippen LogP contribution in [-0.2, 0) is 4.79 Å². The summed E-state index contributed by atoms with van der Waals surface area (Å²) in [6, 6.07) is 2.23. The summed E-state index contributed by atoms with van der Waals surface area (Å²) in [5.74, 6) is -2.55. The van der Waals surface area contributed by atoms with Crippen molar-refractivity contribution < 1.29 is 23.5 Å². The summed E-state index contributed by atoms with van der Waals surface area (Å²) >= 11 is 0. The van der Waals surface area contributed by atoms with Crippen LogP contribution in [0.5, 0.6) is 0 Å². The number of carbonyl (C=O) groups excluding carboxylic acids is 1. The lowest BCUT2D eigenvalue weighted by Crippen LogP contribution is -2.32. The summed E-state index contributed by atoms with van der Waals surface area (Å²) in [7, 11) is 1.46. The smallest absolute Gasteiger partial charge is 0.321 e. The minimum Gasteiger partial charge on any atom is -0.481 e. The summed E-state index contributed by atoms with van der Waals surface area (Å²) < 4.78 is 25.9. The first-order valence-corrected chi connectivity index (χ1v) is 5.59. The number of carboxylic acid groups (broad SMARTS) is 1. The molecule has 0 aromatic heterocycles.